The maximum absolute atomic E-state index is 13.4. The molecule has 0 bridgehead atoms. The second-order valence-electron chi connectivity index (χ2n) is 9.04. The second kappa shape index (κ2) is 11.3. The number of benzene rings is 4. The van der Waals surface area contributed by atoms with E-state index in [4.69, 9.17) is 32.9 Å². The standard InChI is InChI=1S/C30H24BrCl2N3O2/c1-3-18(2)29-35-27-12-11-22(31)15-24(27)30(37)36(29)34-16-19-13-25(32)28(26(33)14-19)38-17-21-9-6-8-20-7-4-5-10-23(20)21/h4-16,18H,3,17H2,1-2H3/t18-/m1/s1. The molecular weight excluding hydrogens is 585 g/mol. The molecule has 0 saturated carbocycles. The van der Waals surface area contributed by atoms with Crippen LogP contribution in [0.4, 0.5) is 0 Å². The quantitative estimate of drug-likeness (QED) is 0.174. The Bertz CT molecular complexity index is 1720. The van der Waals surface area contributed by atoms with E-state index in [9.17, 15) is 4.79 Å². The number of ether oxygens (including phenoxy) is 1. The molecule has 1 heterocycles. The van der Waals surface area contributed by atoms with Gasteiger partial charge < -0.3 is 4.74 Å². The lowest BCUT2D eigenvalue weighted by molar-refractivity contribution is 0.308. The Morgan fingerprint density at radius 3 is 2.53 bits per heavy atom. The summed E-state index contributed by atoms with van der Waals surface area (Å²) in [5.41, 5.74) is 2.07. The van der Waals surface area contributed by atoms with Crippen LogP contribution in [0, 0.1) is 0 Å². The van der Waals surface area contributed by atoms with Crippen molar-refractivity contribution in [2.45, 2.75) is 32.8 Å². The Kier molecular flexibility index (Phi) is 7.84. The van der Waals surface area contributed by atoms with Crippen molar-refractivity contribution >= 4 is 67.0 Å². The molecule has 0 aliphatic carbocycles. The molecule has 38 heavy (non-hydrogen) atoms. The first-order valence-electron chi connectivity index (χ1n) is 12.2. The molecule has 4 aromatic carbocycles. The van der Waals surface area contributed by atoms with E-state index in [1.807, 2.05) is 50.2 Å². The molecule has 8 heteroatoms. The summed E-state index contributed by atoms with van der Waals surface area (Å²) in [6, 6.07) is 23.1. The van der Waals surface area contributed by atoms with E-state index in [2.05, 4.69) is 39.2 Å². The van der Waals surface area contributed by atoms with Crippen LogP contribution in [-0.2, 0) is 6.61 Å². The average Bonchev–Trinajstić information content (AvgIpc) is 2.92. The van der Waals surface area contributed by atoms with Gasteiger partial charge in [0.15, 0.2) is 5.75 Å². The maximum atomic E-state index is 13.4. The molecule has 1 atom stereocenters. The molecule has 0 fully saturated rings. The number of halogens is 3. The minimum absolute atomic E-state index is 0.0323. The maximum Gasteiger partial charge on any atom is 0.282 e. The molecule has 5 aromatic rings. The number of nitrogens with zero attached hydrogens (tertiary/aromatic N) is 3. The minimum atomic E-state index is -0.241. The van der Waals surface area contributed by atoms with E-state index < -0.39 is 0 Å². The highest BCUT2D eigenvalue weighted by molar-refractivity contribution is 9.10. The van der Waals surface area contributed by atoms with Gasteiger partial charge in [0.1, 0.15) is 12.4 Å². The molecule has 0 N–H and O–H groups in total. The van der Waals surface area contributed by atoms with Gasteiger partial charge in [0.05, 0.1) is 27.2 Å². The van der Waals surface area contributed by atoms with Crippen molar-refractivity contribution in [3.63, 3.8) is 0 Å². The zero-order chi connectivity index (χ0) is 26.8. The van der Waals surface area contributed by atoms with Crippen LogP contribution in [0.1, 0.15) is 43.1 Å². The van der Waals surface area contributed by atoms with Crippen LogP contribution >= 0.6 is 39.1 Å². The highest BCUT2D eigenvalue weighted by atomic mass is 79.9. The third-order valence-electron chi connectivity index (χ3n) is 6.48. The van der Waals surface area contributed by atoms with Gasteiger partial charge in [-0.15, -0.1) is 0 Å². The topological polar surface area (TPSA) is 56.5 Å². The first-order chi connectivity index (χ1) is 18.4. The third-order valence-corrected chi connectivity index (χ3v) is 7.54. The number of fused-ring (bicyclic) bond motifs is 2. The van der Waals surface area contributed by atoms with Gasteiger partial charge in [-0.25, -0.2) is 4.98 Å². The average molecular weight is 609 g/mol. The van der Waals surface area contributed by atoms with Crippen LogP contribution in [0.5, 0.6) is 5.75 Å². The lowest BCUT2D eigenvalue weighted by Gasteiger charge is -2.14. The van der Waals surface area contributed by atoms with Crippen molar-refractivity contribution < 1.29 is 4.74 Å². The number of hydrogen-bond donors (Lipinski definition) is 0. The van der Waals surface area contributed by atoms with E-state index in [1.165, 1.54) is 4.68 Å². The SMILES string of the molecule is CC[C@@H](C)c1nc2ccc(Br)cc2c(=O)n1N=Cc1cc(Cl)c(OCc2cccc3ccccc23)c(Cl)c1. The van der Waals surface area contributed by atoms with Gasteiger partial charge >= 0.3 is 0 Å². The van der Waals surface area contributed by atoms with Crippen molar-refractivity contribution in [3.8, 4) is 5.75 Å². The van der Waals surface area contributed by atoms with Gasteiger partial charge in [-0.05, 0) is 58.7 Å². The fourth-order valence-electron chi connectivity index (χ4n) is 4.26. The zero-order valence-electron chi connectivity index (χ0n) is 20.8. The van der Waals surface area contributed by atoms with E-state index in [-0.39, 0.29) is 11.5 Å². The van der Waals surface area contributed by atoms with Gasteiger partial charge in [0.2, 0.25) is 0 Å². The van der Waals surface area contributed by atoms with Gasteiger partial charge in [0, 0.05) is 10.4 Å². The Hall–Kier alpha value is -3.19. The highest BCUT2D eigenvalue weighted by Gasteiger charge is 2.16. The molecule has 0 amide bonds. The van der Waals surface area contributed by atoms with Crippen molar-refractivity contribution in [2.24, 2.45) is 5.10 Å². The Labute approximate surface area is 238 Å². The predicted octanol–water partition coefficient (Wildman–Crippen LogP) is 8.59. The van der Waals surface area contributed by atoms with Crippen LogP contribution in [0.15, 0.2) is 87.2 Å². The summed E-state index contributed by atoms with van der Waals surface area (Å²) in [7, 11) is 0. The van der Waals surface area contributed by atoms with Crippen molar-refractivity contribution in [1.29, 1.82) is 0 Å². The monoisotopic (exact) mass is 607 g/mol. The van der Waals surface area contributed by atoms with Crippen LogP contribution in [0.2, 0.25) is 10.0 Å². The number of rotatable bonds is 7. The summed E-state index contributed by atoms with van der Waals surface area (Å²) < 4.78 is 8.20. The lowest BCUT2D eigenvalue weighted by Crippen LogP contribution is -2.23. The summed E-state index contributed by atoms with van der Waals surface area (Å²) in [6.45, 7) is 4.39. The predicted molar refractivity (Wildman–Crippen MR) is 160 cm³/mol. The molecule has 0 saturated heterocycles. The first kappa shape index (κ1) is 26.4. The molecule has 5 nitrogen and oxygen atoms in total. The number of aromatic nitrogens is 2. The Morgan fingerprint density at radius 1 is 1.03 bits per heavy atom. The van der Waals surface area contributed by atoms with E-state index in [1.54, 1.807) is 24.4 Å². The summed E-state index contributed by atoms with van der Waals surface area (Å²) >= 11 is 16.6. The summed E-state index contributed by atoms with van der Waals surface area (Å²) in [6.07, 6.45) is 2.37. The smallest absolute Gasteiger partial charge is 0.282 e. The fraction of sp³-hybridized carbons (Fsp3) is 0.167. The van der Waals surface area contributed by atoms with E-state index in [0.29, 0.717) is 44.7 Å². The van der Waals surface area contributed by atoms with Gasteiger partial charge in [-0.2, -0.15) is 9.78 Å². The van der Waals surface area contributed by atoms with E-state index >= 15 is 0 Å². The molecule has 5 rings (SSSR count). The summed E-state index contributed by atoms with van der Waals surface area (Å²) in [5, 5.41) is 7.96. The molecule has 0 aliphatic heterocycles. The van der Waals surface area contributed by atoms with Gasteiger partial charge in [0.25, 0.3) is 5.56 Å². The van der Waals surface area contributed by atoms with Crippen LogP contribution in [0.3, 0.4) is 0 Å². The molecule has 1 aromatic heterocycles. The zero-order valence-corrected chi connectivity index (χ0v) is 23.9. The molecule has 0 unspecified atom stereocenters. The molecule has 192 valence electrons. The van der Waals surface area contributed by atoms with E-state index in [0.717, 1.165) is 27.2 Å². The normalized spacial score (nSPS) is 12.4. The van der Waals surface area contributed by atoms with Crippen LogP contribution in [-0.4, -0.2) is 15.9 Å². The summed E-state index contributed by atoms with van der Waals surface area (Å²) in [5.74, 6) is 1.02. The van der Waals surface area contributed by atoms with Crippen LogP contribution in [0.25, 0.3) is 21.7 Å². The number of hydrogen-bond acceptors (Lipinski definition) is 4. The van der Waals surface area contributed by atoms with Crippen molar-refractivity contribution in [2.75, 3.05) is 0 Å². The first-order valence-corrected chi connectivity index (χ1v) is 13.8. The van der Waals surface area contributed by atoms with Crippen molar-refractivity contribution in [1.82, 2.24) is 9.66 Å². The van der Waals surface area contributed by atoms with Crippen LogP contribution < -0.4 is 10.3 Å². The lowest BCUT2D eigenvalue weighted by atomic mass is 10.1. The second-order valence-corrected chi connectivity index (χ2v) is 10.8. The molecule has 0 aliphatic rings. The Morgan fingerprint density at radius 2 is 1.76 bits per heavy atom. The third kappa shape index (κ3) is 5.35. The summed E-state index contributed by atoms with van der Waals surface area (Å²) in [4.78, 5) is 18.1. The Balaban J connectivity index is 1.46. The van der Waals surface area contributed by atoms with Gasteiger partial charge in [-0.1, -0.05) is 95.4 Å². The molecule has 0 spiro atoms. The largest absolute Gasteiger partial charge is 0.486 e. The molecular formula is C30H24BrCl2N3O2. The molecule has 0 radical (unpaired) electrons. The fourth-order valence-corrected chi connectivity index (χ4v) is 5.24. The van der Waals surface area contributed by atoms with Gasteiger partial charge in [-0.3, -0.25) is 4.79 Å². The van der Waals surface area contributed by atoms with Crippen molar-refractivity contribution in [3.05, 3.63) is 115 Å². The highest BCUT2D eigenvalue weighted by Crippen LogP contribution is 2.35. The minimum Gasteiger partial charge on any atom is -0.486 e.